The average molecular weight is 507 g/mol. The topological polar surface area (TPSA) is 59.1 Å². The van der Waals surface area contributed by atoms with Gasteiger partial charge >= 0.3 is 0 Å². The predicted octanol–water partition coefficient (Wildman–Crippen LogP) is 5.45. The number of carbonyl (C=O) groups excluding carboxylic acids is 2. The Morgan fingerprint density at radius 2 is 1.81 bits per heavy atom. The molecule has 1 aliphatic rings. The number of fused-ring (bicyclic) bond motifs is 1. The Morgan fingerprint density at radius 1 is 1.06 bits per heavy atom. The van der Waals surface area contributed by atoms with Gasteiger partial charge in [0.15, 0.2) is 0 Å². The summed E-state index contributed by atoms with van der Waals surface area (Å²) in [6, 6.07) is 18.6. The second-order valence-electron chi connectivity index (χ2n) is 9.41. The highest BCUT2D eigenvalue weighted by Gasteiger charge is 2.33. The first-order valence-corrected chi connectivity index (χ1v) is 13.3. The Balaban J connectivity index is 1.52. The fourth-order valence-electron chi connectivity index (χ4n) is 4.40. The summed E-state index contributed by atoms with van der Waals surface area (Å²) in [6.07, 6.45) is 1.64. The van der Waals surface area contributed by atoms with E-state index in [9.17, 15) is 9.59 Å². The number of thiophene rings is 1. The molecule has 0 N–H and O–H groups in total. The van der Waals surface area contributed by atoms with Crippen molar-refractivity contribution in [2.75, 3.05) is 33.4 Å². The molecule has 4 rings (SSSR count). The molecule has 0 fully saturated rings. The zero-order valence-corrected chi connectivity index (χ0v) is 22.0. The molecule has 0 saturated heterocycles. The van der Waals surface area contributed by atoms with Crippen LogP contribution in [0.2, 0.25) is 0 Å². The maximum Gasteiger partial charge on any atom is 0.254 e. The Morgan fingerprint density at radius 3 is 2.50 bits per heavy atom. The summed E-state index contributed by atoms with van der Waals surface area (Å²) in [5, 5.41) is 2.08. The van der Waals surface area contributed by atoms with E-state index in [1.165, 1.54) is 4.88 Å². The minimum atomic E-state index is -0.184. The quantitative estimate of drug-likeness (QED) is 0.367. The van der Waals surface area contributed by atoms with Crippen LogP contribution in [0.1, 0.15) is 47.1 Å². The first-order chi connectivity index (χ1) is 17.5. The van der Waals surface area contributed by atoms with Gasteiger partial charge in [0.25, 0.3) is 5.91 Å². The van der Waals surface area contributed by atoms with E-state index in [0.29, 0.717) is 36.9 Å². The number of methoxy groups -OCH3 is 1. The van der Waals surface area contributed by atoms with E-state index >= 15 is 0 Å². The Hall–Kier alpha value is -3.32. The van der Waals surface area contributed by atoms with Crippen molar-refractivity contribution in [2.24, 2.45) is 5.92 Å². The van der Waals surface area contributed by atoms with Crippen LogP contribution in [-0.4, -0.2) is 55.0 Å². The fourth-order valence-corrected chi connectivity index (χ4v) is 5.33. The first kappa shape index (κ1) is 25.8. The van der Waals surface area contributed by atoms with Crippen LogP contribution in [-0.2, 0) is 11.2 Å². The van der Waals surface area contributed by atoms with Crippen molar-refractivity contribution in [2.45, 2.75) is 32.7 Å². The number of nitrogens with zero attached hydrogens (tertiary/aromatic N) is 2. The van der Waals surface area contributed by atoms with Gasteiger partial charge in [-0.3, -0.25) is 9.59 Å². The molecule has 2 amide bonds. The average Bonchev–Trinajstić information content (AvgIpc) is 3.39. The first-order valence-electron chi connectivity index (χ1n) is 12.4. The van der Waals surface area contributed by atoms with Crippen LogP contribution in [0.3, 0.4) is 0 Å². The van der Waals surface area contributed by atoms with E-state index in [-0.39, 0.29) is 24.4 Å². The lowest BCUT2D eigenvalue weighted by Gasteiger charge is -2.37. The molecule has 1 atom stereocenters. The van der Waals surface area contributed by atoms with E-state index in [1.807, 2.05) is 35.2 Å². The molecule has 1 aromatic heterocycles. The molecular weight excluding hydrogens is 472 g/mol. The molecule has 2 heterocycles. The Kier molecular flexibility index (Phi) is 8.65. The van der Waals surface area contributed by atoms with E-state index in [2.05, 4.69) is 25.3 Å². The lowest BCUT2D eigenvalue weighted by Crippen LogP contribution is -2.48. The highest BCUT2D eigenvalue weighted by Crippen LogP contribution is 2.34. The number of hydrogen-bond acceptors (Lipinski definition) is 5. The van der Waals surface area contributed by atoms with E-state index in [0.717, 1.165) is 24.2 Å². The van der Waals surface area contributed by atoms with E-state index < -0.39 is 0 Å². The minimum absolute atomic E-state index is 0.0406. The highest BCUT2D eigenvalue weighted by atomic mass is 32.1. The molecule has 0 spiro atoms. The number of hydrogen-bond donors (Lipinski definition) is 0. The minimum Gasteiger partial charge on any atom is -0.497 e. The molecule has 2 aromatic carbocycles. The van der Waals surface area contributed by atoms with Crippen LogP contribution in [0.4, 0.5) is 0 Å². The van der Waals surface area contributed by atoms with Gasteiger partial charge in [0.1, 0.15) is 24.7 Å². The summed E-state index contributed by atoms with van der Waals surface area (Å²) in [5.74, 6) is 1.69. The van der Waals surface area contributed by atoms with Gasteiger partial charge in [-0.1, -0.05) is 32.0 Å². The third-order valence-electron chi connectivity index (χ3n) is 6.49. The molecule has 6 nitrogen and oxygen atoms in total. The van der Waals surface area contributed by atoms with Crippen molar-refractivity contribution < 1.29 is 19.1 Å². The van der Waals surface area contributed by atoms with Gasteiger partial charge in [-0.2, -0.15) is 0 Å². The van der Waals surface area contributed by atoms with Gasteiger partial charge in [0.05, 0.1) is 13.2 Å². The highest BCUT2D eigenvalue weighted by molar-refractivity contribution is 7.10. The third kappa shape index (κ3) is 6.26. The van der Waals surface area contributed by atoms with Crippen molar-refractivity contribution in [1.82, 2.24) is 9.80 Å². The summed E-state index contributed by atoms with van der Waals surface area (Å²) in [5.41, 5.74) is 1.70. The summed E-state index contributed by atoms with van der Waals surface area (Å²) >= 11 is 1.73. The zero-order chi connectivity index (χ0) is 25.5. The van der Waals surface area contributed by atoms with Crippen LogP contribution in [0.25, 0.3) is 0 Å². The summed E-state index contributed by atoms with van der Waals surface area (Å²) in [7, 11) is 1.60. The summed E-state index contributed by atoms with van der Waals surface area (Å²) in [4.78, 5) is 32.0. The second kappa shape index (κ2) is 12.1. The number of carbonyl (C=O) groups is 2. The maximum atomic E-state index is 13.7. The van der Waals surface area contributed by atoms with Gasteiger partial charge in [-0.15, -0.1) is 11.3 Å². The standard InChI is InChI=1S/C29H34N2O4S/c1-21(2)13-16-30(29(33)22-9-11-23(34-3)12-10-22)19-28(32)31-17-14-27-25(15-18-36-27)26(31)20-35-24-7-5-4-6-8-24/h4-12,15,18,21,26H,13-14,16-17,19-20H2,1-3H3/t26-/m1/s1. The molecule has 0 saturated carbocycles. The number of para-hydroxylation sites is 1. The zero-order valence-electron chi connectivity index (χ0n) is 21.2. The summed E-state index contributed by atoms with van der Waals surface area (Å²) < 4.78 is 11.3. The van der Waals surface area contributed by atoms with Crippen molar-refractivity contribution in [1.29, 1.82) is 0 Å². The SMILES string of the molecule is COc1ccc(C(=O)N(CCC(C)C)CC(=O)N2CCc3sccc3[C@H]2COc2ccccc2)cc1. The molecule has 190 valence electrons. The molecule has 1 aliphatic heterocycles. The van der Waals surface area contributed by atoms with Gasteiger partial charge in [0, 0.05) is 23.5 Å². The van der Waals surface area contributed by atoms with Gasteiger partial charge in [-0.25, -0.2) is 0 Å². The smallest absolute Gasteiger partial charge is 0.254 e. The normalized spacial score (nSPS) is 14.9. The summed E-state index contributed by atoms with van der Waals surface area (Å²) in [6.45, 7) is 5.80. The van der Waals surface area contributed by atoms with Gasteiger partial charge in [-0.05, 0) is 72.2 Å². The van der Waals surface area contributed by atoms with Crippen LogP contribution in [0.5, 0.6) is 11.5 Å². The van der Waals surface area contributed by atoms with Crippen molar-refractivity contribution in [3.8, 4) is 11.5 Å². The molecule has 0 unspecified atom stereocenters. The van der Waals surface area contributed by atoms with Crippen LogP contribution in [0, 0.1) is 5.92 Å². The van der Waals surface area contributed by atoms with Crippen molar-refractivity contribution >= 4 is 23.2 Å². The fraction of sp³-hybridized carbons (Fsp3) is 0.379. The monoisotopic (exact) mass is 506 g/mol. The van der Waals surface area contributed by atoms with Crippen LogP contribution < -0.4 is 9.47 Å². The molecule has 7 heteroatoms. The third-order valence-corrected chi connectivity index (χ3v) is 7.49. The van der Waals surface area contributed by atoms with E-state index in [4.69, 9.17) is 9.47 Å². The van der Waals surface area contributed by atoms with Crippen LogP contribution in [0.15, 0.2) is 66.0 Å². The molecule has 0 aliphatic carbocycles. The second-order valence-corrected chi connectivity index (χ2v) is 10.4. The lowest BCUT2D eigenvalue weighted by atomic mass is 10.00. The van der Waals surface area contributed by atoms with Crippen LogP contribution >= 0.6 is 11.3 Å². The predicted molar refractivity (Wildman–Crippen MR) is 143 cm³/mol. The van der Waals surface area contributed by atoms with Gasteiger partial charge in [0.2, 0.25) is 5.91 Å². The van der Waals surface area contributed by atoms with Crippen molar-refractivity contribution in [3.63, 3.8) is 0 Å². The number of rotatable bonds is 10. The Labute approximate surface area is 217 Å². The number of amides is 2. The Bertz CT molecular complexity index is 1140. The number of ether oxygens (including phenoxy) is 2. The lowest BCUT2D eigenvalue weighted by molar-refractivity contribution is -0.135. The van der Waals surface area contributed by atoms with Gasteiger partial charge < -0.3 is 19.3 Å². The largest absolute Gasteiger partial charge is 0.497 e. The van der Waals surface area contributed by atoms with Crippen molar-refractivity contribution in [3.05, 3.63) is 82.0 Å². The molecule has 0 radical (unpaired) electrons. The number of benzene rings is 2. The molecule has 3 aromatic rings. The molecule has 36 heavy (non-hydrogen) atoms. The van der Waals surface area contributed by atoms with E-state index in [1.54, 1.807) is 47.6 Å². The maximum absolute atomic E-state index is 13.7. The molecule has 0 bridgehead atoms. The molecular formula is C29H34N2O4S.